The zero-order valence-electron chi connectivity index (χ0n) is 8.28. The molecule has 1 aromatic rings. The molecule has 0 fully saturated rings. The van der Waals surface area contributed by atoms with Gasteiger partial charge in [0.05, 0.1) is 11.1 Å². The maximum absolute atomic E-state index is 11.1. The molecule has 1 heterocycles. The van der Waals surface area contributed by atoms with Crippen LogP contribution in [0.3, 0.4) is 0 Å². The van der Waals surface area contributed by atoms with Gasteiger partial charge in [-0.2, -0.15) is 12.6 Å². The van der Waals surface area contributed by atoms with Crippen LogP contribution in [0.5, 0.6) is 5.75 Å². The largest absolute Gasteiger partial charge is 0.482 e. The number of carbonyl (C=O) groups excluding carboxylic acids is 1. The molecule has 1 aliphatic heterocycles. The van der Waals surface area contributed by atoms with Crippen molar-refractivity contribution in [3.63, 3.8) is 0 Å². The van der Waals surface area contributed by atoms with Gasteiger partial charge in [-0.3, -0.25) is 4.79 Å². The Kier molecular flexibility index (Phi) is 2.83. The number of thiol groups is 1. The van der Waals surface area contributed by atoms with Gasteiger partial charge in [0.2, 0.25) is 0 Å². The number of anilines is 1. The summed E-state index contributed by atoms with van der Waals surface area (Å²) >= 11 is 4.35. The van der Waals surface area contributed by atoms with Gasteiger partial charge in [0.25, 0.3) is 5.91 Å². The van der Waals surface area contributed by atoms with Gasteiger partial charge < -0.3 is 15.4 Å². The lowest BCUT2D eigenvalue weighted by Crippen LogP contribution is -2.25. The minimum Gasteiger partial charge on any atom is -0.482 e. The molecule has 0 aliphatic carbocycles. The van der Waals surface area contributed by atoms with Crippen molar-refractivity contribution in [2.24, 2.45) is 0 Å². The van der Waals surface area contributed by atoms with E-state index in [1.807, 2.05) is 25.2 Å². The first-order chi connectivity index (χ1) is 7.20. The lowest BCUT2D eigenvalue weighted by Gasteiger charge is -2.19. The molecule has 80 valence electrons. The van der Waals surface area contributed by atoms with E-state index in [1.165, 1.54) is 0 Å². The summed E-state index contributed by atoms with van der Waals surface area (Å²) in [5.74, 6) is 0.579. The van der Waals surface area contributed by atoms with E-state index in [2.05, 4.69) is 23.3 Å². The smallest absolute Gasteiger partial charge is 0.262 e. The van der Waals surface area contributed by atoms with E-state index in [-0.39, 0.29) is 17.9 Å². The van der Waals surface area contributed by atoms with Crippen LogP contribution in [0, 0.1) is 0 Å². The van der Waals surface area contributed by atoms with Crippen molar-refractivity contribution >= 4 is 24.2 Å². The van der Waals surface area contributed by atoms with Gasteiger partial charge in [0.15, 0.2) is 6.61 Å². The molecular formula is C10H12N2O2S. The highest BCUT2D eigenvalue weighted by molar-refractivity contribution is 7.80. The summed E-state index contributed by atoms with van der Waals surface area (Å²) in [4.78, 5) is 11.1. The van der Waals surface area contributed by atoms with Crippen LogP contribution in [0.25, 0.3) is 0 Å². The van der Waals surface area contributed by atoms with Crippen LogP contribution in [-0.2, 0) is 4.79 Å². The Hall–Kier alpha value is -1.20. The monoisotopic (exact) mass is 224 g/mol. The summed E-state index contributed by atoms with van der Waals surface area (Å²) in [6.07, 6.45) is 0. The van der Waals surface area contributed by atoms with Gasteiger partial charge in [-0.15, -0.1) is 0 Å². The van der Waals surface area contributed by atoms with E-state index in [9.17, 15) is 4.79 Å². The third-order valence-corrected chi connectivity index (χ3v) is 2.78. The topological polar surface area (TPSA) is 50.4 Å². The first-order valence-corrected chi connectivity index (χ1v) is 5.14. The van der Waals surface area contributed by atoms with E-state index in [1.54, 1.807) is 0 Å². The number of hydrogen-bond donors (Lipinski definition) is 3. The van der Waals surface area contributed by atoms with Crippen molar-refractivity contribution in [3.8, 4) is 5.75 Å². The highest BCUT2D eigenvalue weighted by Crippen LogP contribution is 2.31. The number of fused-ring (bicyclic) bond motifs is 1. The lowest BCUT2D eigenvalue weighted by molar-refractivity contribution is -0.118. The molecule has 0 radical (unpaired) electrons. The molecule has 1 aromatic carbocycles. The highest BCUT2D eigenvalue weighted by Gasteiger charge is 2.16. The fraction of sp³-hybridized carbons (Fsp3) is 0.300. The summed E-state index contributed by atoms with van der Waals surface area (Å²) in [5, 5.41) is 5.72. The highest BCUT2D eigenvalue weighted by atomic mass is 32.1. The second-order valence-electron chi connectivity index (χ2n) is 3.28. The van der Waals surface area contributed by atoms with Gasteiger partial charge in [-0.05, 0) is 24.7 Å². The molecule has 5 heteroatoms. The minimum absolute atomic E-state index is 0.0471. The van der Waals surface area contributed by atoms with E-state index in [0.29, 0.717) is 11.4 Å². The van der Waals surface area contributed by atoms with Gasteiger partial charge in [-0.1, -0.05) is 6.07 Å². The predicted molar refractivity (Wildman–Crippen MR) is 61.4 cm³/mol. The molecule has 2 rings (SSSR count). The van der Waals surface area contributed by atoms with Crippen LogP contribution in [-0.4, -0.2) is 19.6 Å². The normalized spacial score (nSPS) is 16.3. The molecule has 4 nitrogen and oxygen atoms in total. The summed E-state index contributed by atoms with van der Waals surface area (Å²) in [6.45, 7) is 0.0860. The molecule has 15 heavy (non-hydrogen) atoms. The van der Waals surface area contributed by atoms with E-state index < -0.39 is 0 Å². The molecule has 0 spiro atoms. The molecule has 0 bridgehead atoms. The van der Waals surface area contributed by atoms with Crippen LogP contribution < -0.4 is 15.4 Å². The van der Waals surface area contributed by atoms with Crippen molar-refractivity contribution in [2.45, 2.75) is 5.37 Å². The molecule has 0 saturated carbocycles. The average molecular weight is 224 g/mol. The molecule has 1 atom stereocenters. The van der Waals surface area contributed by atoms with Crippen molar-refractivity contribution in [1.29, 1.82) is 0 Å². The number of amides is 1. The second kappa shape index (κ2) is 4.12. The lowest BCUT2D eigenvalue weighted by atomic mass is 10.1. The maximum Gasteiger partial charge on any atom is 0.262 e. The molecule has 2 N–H and O–H groups in total. The Balaban J connectivity index is 2.32. The van der Waals surface area contributed by atoms with Crippen molar-refractivity contribution < 1.29 is 9.53 Å². The zero-order chi connectivity index (χ0) is 10.8. The molecule has 1 aliphatic rings. The third-order valence-electron chi connectivity index (χ3n) is 2.23. The minimum atomic E-state index is -0.125. The van der Waals surface area contributed by atoms with E-state index in [0.717, 1.165) is 5.56 Å². The van der Waals surface area contributed by atoms with Gasteiger partial charge in [-0.25, -0.2) is 0 Å². The standard InChI is InChI=1S/C10H12N2O2S/c1-11-10(15)6-2-3-8-7(4-6)12-9(13)5-14-8/h2-4,10-11,15H,5H2,1H3,(H,12,13). The number of nitrogens with one attached hydrogen (secondary N) is 2. The fourth-order valence-corrected chi connectivity index (χ4v) is 1.60. The molecule has 0 saturated heterocycles. The Morgan fingerprint density at radius 2 is 2.40 bits per heavy atom. The predicted octanol–water partition coefficient (Wildman–Crippen LogP) is 1.17. The van der Waals surface area contributed by atoms with Crippen LogP contribution in [0.1, 0.15) is 10.9 Å². The quantitative estimate of drug-likeness (QED) is 0.522. The Labute approximate surface area is 93.4 Å². The SMILES string of the molecule is CNC(S)c1ccc2c(c1)NC(=O)CO2. The van der Waals surface area contributed by atoms with Crippen molar-refractivity contribution in [1.82, 2.24) is 5.32 Å². The summed E-state index contributed by atoms with van der Waals surface area (Å²) in [6, 6.07) is 5.62. The third kappa shape index (κ3) is 2.08. The average Bonchev–Trinajstić information content (AvgIpc) is 2.27. The van der Waals surface area contributed by atoms with Crippen LogP contribution in [0.4, 0.5) is 5.69 Å². The Morgan fingerprint density at radius 3 is 3.13 bits per heavy atom. The summed E-state index contributed by atoms with van der Waals surface area (Å²) in [5.41, 5.74) is 1.70. The van der Waals surface area contributed by atoms with Crippen LogP contribution in [0.2, 0.25) is 0 Å². The van der Waals surface area contributed by atoms with Crippen molar-refractivity contribution in [2.75, 3.05) is 19.0 Å². The van der Waals surface area contributed by atoms with Gasteiger partial charge in [0, 0.05) is 0 Å². The Bertz CT molecular complexity index is 395. The first-order valence-electron chi connectivity index (χ1n) is 4.62. The summed E-state index contributed by atoms with van der Waals surface area (Å²) in [7, 11) is 1.83. The number of hydrogen-bond acceptors (Lipinski definition) is 4. The van der Waals surface area contributed by atoms with E-state index >= 15 is 0 Å². The van der Waals surface area contributed by atoms with Crippen molar-refractivity contribution in [3.05, 3.63) is 23.8 Å². The second-order valence-corrected chi connectivity index (χ2v) is 3.80. The molecular weight excluding hydrogens is 212 g/mol. The number of rotatable bonds is 2. The Morgan fingerprint density at radius 1 is 1.60 bits per heavy atom. The number of carbonyl (C=O) groups is 1. The number of benzene rings is 1. The van der Waals surface area contributed by atoms with Gasteiger partial charge in [0.1, 0.15) is 5.75 Å². The molecule has 1 unspecified atom stereocenters. The number of ether oxygens (including phenoxy) is 1. The molecule has 1 amide bonds. The fourth-order valence-electron chi connectivity index (χ4n) is 1.44. The maximum atomic E-state index is 11.1. The van der Waals surface area contributed by atoms with Crippen LogP contribution in [0.15, 0.2) is 18.2 Å². The van der Waals surface area contributed by atoms with Crippen LogP contribution >= 0.6 is 12.6 Å². The zero-order valence-corrected chi connectivity index (χ0v) is 9.17. The molecule has 0 aromatic heterocycles. The first kappa shape index (κ1) is 10.3. The summed E-state index contributed by atoms with van der Waals surface area (Å²) < 4.78 is 5.25. The van der Waals surface area contributed by atoms with Gasteiger partial charge >= 0.3 is 0 Å². The van der Waals surface area contributed by atoms with E-state index in [4.69, 9.17) is 4.74 Å².